The molecule has 0 bridgehead atoms. The van der Waals surface area contributed by atoms with Crippen molar-refractivity contribution in [3.8, 4) is 5.75 Å². The molecule has 3 aromatic rings. The lowest BCUT2D eigenvalue weighted by atomic mass is 10.1. The van der Waals surface area contributed by atoms with Crippen molar-refractivity contribution in [2.45, 2.75) is 6.92 Å². The molecular weight excluding hydrogens is 334 g/mol. The quantitative estimate of drug-likeness (QED) is 0.420. The van der Waals surface area contributed by atoms with E-state index in [1.165, 1.54) is 0 Å². The van der Waals surface area contributed by atoms with Crippen LogP contribution in [0, 0.1) is 6.92 Å². The van der Waals surface area contributed by atoms with Gasteiger partial charge in [-0.1, -0.05) is 36.4 Å². The Kier molecular flexibility index (Phi) is 4.81. The van der Waals surface area contributed by atoms with Crippen LogP contribution in [0.1, 0.15) is 15.9 Å². The lowest BCUT2D eigenvalue weighted by Crippen LogP contribution is -2.43. The topological polar surface area (TPSA) is 73.4 Å². The Morgan fingerprint density at radius 1 is 0.960 bits per heavy atom. The van der Waals surface area contributed by atoms with Crippen molar-refractivity contribution >= 4 is 39.7 Å². The molecule has 4 N–H and O–H groups in total. The van der Waals surface area contributed by atoms with Crippen molar-refractivity contribution in [1.82, 2.24) is 10.9 Å². The minimum absolute atomic E-state index is 0.0874. The van der Waals surface area contributed by atoms with Crippen LogP contribution in [0.15, 0.2) is 60.7 Å². The van der Waals surface area contributed by atoms with E-state index in [2.05, 4.69) is 16.2 Å². The van der Waals surface area contributed by atoms with Crippen LogP contribution in [0.4, 0.5) is 5.69 Å². The van der Waals surface area contributed by atoms with E-state index in [0.29, 0.717) is 0 Å². The van der Waals surface area contributed by atoms with Gasteiger partial charge in [-0.15, -0.1) is 0 Å². The highest BCUT2D eigenvalue weighted by Crippen LogP contribution is 2.24. The number of aromatic hydroxyl groups is 1. The SMILES string of the molecule is Cc1cccc(NC(=S)NNC(=O)c2cc3ccccc3cc2O)c1. The van der Waals surface area contributed by atoms with Crippen LogP contribution >= 0.6 is 12.2 Å². The smallest absolute Gasteiger partial charge is 0.273 e. The molecule has 0 fully saturated rings. The molecule has 5 nitrogen and oxygen atoms in total. The second-order valence-electron chi connectivity index (χ2n) is 5.62. The van der Waals surface area contributed by atoms with Crippen molar-refractivity contribution < 1.29 is 9.90 Å². The van der Waals surface area contributed by atoms with Crippen molar-refractivity contribution in [3.63, 3.8) is 0 Å². The maximum Gasteiger partial charge on any atom is 0.273 e. The third-order valence-electron chi connectivity index (χ3n) is 3.67. The van der Waals surface area contributed by atoms with E-state index >= 15 is 0 Å². The van der Waals surface area contributed by atoms with Crippen molar-refractivity contribution in [1.29, 1.82) is 0 Å². The molecule has 0 aromatic heterocycles. The molecule has 126 valence electrons. The number of thiocarbonyl (C=S) groups is 1. The Labute approximate surface area is 150 Å². The Bertz CT molecular complexity index is 956. The van der Waals surface area contributed by atoms with E-state index in [1.54, 1.807) is 12.1 Å². The highest BCUT2D eigenvalue weighted by atomic mass is 32.1. The number of rotatable bonds is 2. The Hall–Kier alpha value is -3.12. The maximum absolute atomic E-state index is 12.3. The van der Waals surface area contributed by atoms with Gasteiger partial charge in [-0.05, 0) is 59.7 Å². The molecule has 0 unspecified atom stereocenters. The first-order chi connectivity index (χ1) is 12.0. The van der Waals surface area contributed by atoms with E-state index in [9.17, 15) is 9.90 Å². The van der Waals surface area contributed by atoms with E-state index in [0.717, 1.165) is 22.0 Å². The number of anilines is 1. The summed E-state index contributed by atoms with van der Waals surface area (Å²) >= 11 is 5.16. The molecule has 1 amide bonds. The van der Waals surface area contributed by atoms with Gasteiger partial charge in [0.1, 0.15) is 5.75 Å². The summed E-state index contributed by atoms with van der Waals surface area (Å²) in [4.78, 5) is 12.3. The van der Waals surface area contributed by atoms with Gasteiger partial charge in [0, 0.05) is 5.69 Å². The highest BCUT2D eigenvalue weighted by Gasteiger charge is 2.12. The number of carbonyl (C=O) groups is 1. The highest BCUT2D eigenvalue weighted by molar-refractivity contribution is 7.80. The average molecular weight is 351 g/mol. The summed E-state index contributed by atoms with van der Waals surface area (Å²) in [6.07, 6.45) is 0. The number of aryl methyl sites for hydroxylation is 1. The van der Waals surface area contributed by atoms with Crippen LogP contribution in [-0.4, -0.2) is 16.1 Å². The summed E-state index contributed by atoms with van der Waals surface area (Å²) in [5.41, 5.74) is 7.21. The fourth-order valence-corrected chi connectivity index (χ4v) is 2.65. The first kappa shape index (κ1) is 16.7. The summed E-state index contributed by atoms with van der Waals surface area (Å²) in [5, 5.41) is 15.0. The van der Waals surface area contributed by atoms with Gasteiger partial charge in [-0.2, -0.15) is 0 Å². The lowest BCUT2D eigenvalue weighted by Gasteiger charge is -2.13. The molecule has 0 saturated heterocycles. The second kappa shape index (κ2) is 7.19. The molecule has 0 atom stereocenters. The molecular formula is C19H17N3O2S. The maximum atomic E-state index is 12.3. The Balaban J connectivity index is 1.66. The predicted molar refractivity (Wildman–Crippen MR) is 104 cm³/mol. The summed E-state index contributed by atoms with van der Waals surface area (Å²) in [5.74, 6) is -0.563. The van der Waals surface area contributed by atoms with Crippen LogP contribution < -0.4 is 16.2 Å². The summed E-state index contributed by atoms with van der Waals surface area (Å²) < 4.78 is 0. The third kappa shape index (κ3) is 4.05. The lowest BCUT2D eigenvalue weighted by molar-refractivity contribution is 0.0941. The van der Waals surface area contributed by atoms with Crippen molar-refractivity contribution in [3.05, 3.63) is 71.8 Å². The normalized spacial score (nSPS) is 10.3. The van der Waals surface area contributed by atoms with E-state index in [4.69, 9.17) is 12.2 Å². The Morgan fingerprint density at radius 3 is 2.40 bits per heavy atom. The molecule has 0 aliphatic carbocycles. The molecule has 0 spiro atoms. The molecule has 25 heavy (non-hydrogen) atoms. The van der Waals surface area contributed by atoms with Gasteiger partial charge in [0.2, 0.25) is 0 Å². The zero-order valence-electron chi connectivity index (χ0n) is 13.5. The fourth-order valence-electron chi connectivity index (χ4n) is 2.48. The van der Waals surface area contributed by atoms with Crippen LogP contribution in [0.3, 0.4) is 0 Å². The number of hydrogen-bond acceptors (Lipinski definition) is 3. The van der Waals surface area contributed by atoms with E-state index in [-0.39, 0.29) is 16.4 Å². The van der Waals surface area contributed by atoms with Gasteiger partial charge in [0.05, 0.1) is 5.56 Å². The van der Waals surface area contributed by atoms with Crippen molar-refractivity contribution in [2.24, 2.45) is 0 Å². The molecule has 3 rings (SSSR count). The minimum atomic E-state index is -0.475. The molecule has 0 heterocycles. The largest absolute Gasteiger partial charge is 0.507 e. The molecule has 0 aliphatic heterocycles. The van der Waals surface area contributed by atoms with Crippen LogP contribution in [-0.2, 0) is 0 Å². The zero-order valence-corrected chi connectivity index (χ0v) is 14.4. The number of benzene rings is 3. The molecule has 6 heteroatoms. The summed E-state index contributed by atoms with van der Waals surface area (Å²) in [6.45, 7) is 1.98. The van der Waals surface area contributed by atoms with Gasteiger partial charge < -0.3 is 10.4 Å². The first-order valence-electron chi connectivity index (χ1n) is 7.69. The average Bonchev–Trinajstić information content (AvgIpc) is 2.59. The van der Waals surface area contributed by atoms with E-state index < -0.39 is 5.91 Å². The van der Waals surface area contributed by atoms with Crippen LogP contribution in [0.5, 0.6) is 5.75 Å². The Morgan fingerprint density at radius 2 is 1.68 bits per heavy atom. The van der Waals surface area contributed by atoms with Crippen molar-refractivity contribution in [2.75, 3.05) is 5.32 Å². The van der Waals surface area contributed by atoms with Gasteiger partial charge in [-0.3, -0.25) is 15.6 Å². The number of phenols is 1. The number of hydrazine groups is 1. The summed E-state index contributed by atoms with van der Waals surface area (Å²) in [6, 6.07) is 18.4. The third-order valence-corrected chi connectivity index (χ3v) is 3.88. The van der Waals surface area contributed by atoms with Crippen LogP contribution in [0.25, 0.3) is 10.8 Å². The van der Waals surface area contributed by atoms with E-state index in [1.807, 2.05) is 55.5 Å². The molecule has 0 saturated carbocycles. The standard InChI is InChI=1S/C19H17N3O2S/c1-12-5-4-8-15(9-12)20-19(25)22-21-18(24)16-10-13-6-2-3-7-14(13)11-17(16)23/h2-11,23H,1H3,(H,21,24)(H2,20,22,25). The van der Waals surface area contributed by atoms with Gasteiger partial charge in [0.15, 0.2) is 5.11 Å². The zero-order chi connectivity index (χ0) is 17.8. The number of hydrogen-bond donors (Lipinski definition) is 4. The summed E-state index contributed by atoms with van der Waals surface area (Å²) in [7, 11) is 0. The first-order valence-corrected chi connectivity index (χ1v) is 8.09. The van der Waals surface area contributed by atoms with Gasteiger partial charge in [-0.25, -0.2) is 0 Å². The molecule has 3 aromatic carbocycles. The minimum Gasteiger partial charge on any atom is -0.507 e. The molecule has 0 radical (unpaired) electrons. The number of fused-ring (bicyclic) bond motifs is 1. The van der Waals surface area contributed by atoms with Crippen LogP contribution in [0.2, 0.25) is 0 Å². The number of phenolic OH excluding ortho intramolecular Hbond substituents is 1. The number of carbonyl (C=O) groups excluding carboxylic acids is 1. The monoisotopic (exact) mass is 351 g/mol. The predicted octanol–water partition coefficient (Wildman–Crippen LogP) is 3.49. The number of amides is 1. The number of nitrogens with one attached hydrogen (secondary N) is 3. The fraction of sp³-hybridized carbons (Fsp3) is 0.0526. The van der Waals surface area contributed by atoms with Gasteiger partial charge >= 0.3 is 0 Å². The second-order valence-corrected chi connectivity index (χ2v) is 6.03. The van der Waals surface area contributed by atoms with Gasteiger partial charge in [0.25, 0.3) is 5.91 Å². The molecule has 0 aliphatic rings.